The third-order valence-corrected chi connectivity index (χ3v) is 5.13. The summed E-state index contributed by atoms with van der Waals surface area (Å²) in [6, 6.07) is 4.63. The number of allylic oxidation sites excluding steroid dienone is 2. The largest absolute Gasteiger partial charge is 0.463 e. The van der Waals surface area contributed by atoms with Crippen molar-refractivity contribution < 1.29 is 28.7 Å². The van der Waals surface area contributed by atoms with Crippen LogP contribution < -0.4 is 21.3 Å². The predicted molar refractivity (Wildman–Crippen MR) is 114 cm³/mol. The van der Waals surface area contributed by atoms with E-state index in [-0.39, 0.29) is 13.2 Å². The molecule has 4 amide bonds. The van der Waals surface area contributed by atoms with Gasteiger partial charge in [-0.2, -0.15) is 0 Å². The number of hydrogen-bond acceptors (Lipinski definition) is 6. The molecule has 2 atom stereocenters. The Kier molecular flexibility index (Phi) is 6.82. The van der Waals surface area contributed by atoms with Gasteiger partial charge < -0.3 is 30.7 Å². The molecule has 3 rings (SSSR count). The van der Waals surface area contributed by atoms with Crippen LogP contribution in [0.25, 0.3) is 0 Å². The Labute approximate surface area is 185 Å². The Morgan fingerprint density at radius 2 is 1.09 bits per heavy atom. The summed E-state index contributed by atoms with van der Waals surface area (Å²) in [6.45, 7) is 7.08. The second-order valence-corrected chi connectivity index (χ2v) is 7.25. The summed E-state index contributed by atoms with van der Waals surface area (Å²) >= 11 is 0. The van der Waals surface area contributed by atoms with Crippen molar-refractivity contribution in [1.82, 2.24) is 21.3 Å². The Morgan fingerprint density at radius 1 is 0.750 bits per heavy atom. The second kappa shape index (κ2) is 9.54. The van der Waals surface area contributed by atoms with Crippen molar-refractivity contribution >= 4 is 24.0 Å². The van der Waals surface area contributed by atoms with Crippen LogP contribution in [0.2, 0.25) is 0 Å². The number of ether oxygens (including phenoxy) is 2. The molecule has 0 unspecified atom stereocenters. The minimum absolute atomic E-state index is 0.201. The molecule has 10 heteroatoms. The van der Waals surface area contributed by atoms with E-state index >= 15 is 0 Å². The van der Waals surface area contributed by atoms with E-state index in [1.54, 1.807) is 52.0 Å². The molecule has 0 aliphatic carbocycles. The summed E-state index contributed by atoms with van der Waals surface area (Å²) < 4.78 is 10.3. The van der Waals surface area contributed by atoms with Gasteiger partial charge in [-0.1, -0.05) is 24.3 Å². The van der Waals surface area contributed by atoms with Crippen molar-refractivity contribution in [2.24, 2.45) is 0 Å². The Bertz CT molecular complexity index is 931. The van der Waals surface area contributed by atoms with Gasteiger partial charge in [0.1, 0.15) is 0 Å². The zero-order chi connectivity index (χ0) is 23.4. The molecule has 1 aromatic rings. The van der Waals surface area contributed by atoms with E-state index in [1.807, 2.05) is 0 Å². The minimum atomic E-state index is -0.707. The van der Waals surface area contributed by atoms with Gasteiger partial charge in [-0.3, -0.25) is 0 Å². The summed E-state index contributed by atoms with van der Waals surface area (Å²) in [4.78, 5) is 49.0. The molecule has 0 spiro atoms. The monoisotopic (exact) mass is 442 g/mol. The highest BCUT2D eigenvalue weighted by molar-refractivity contribution is 5.96. The fourth-order valence-electron chi connectivity index (χ4n) is 3.73. The Balaban J connectivity index is 1.95. The fraction of sp³-hybridized carbons (Fsp3) is 0.364. The van der Waals surface area contributed by atoms with Crippen LogP contribution in [-0.4, -0.2) is 37.2 Å². The summed E-state index contributed by atoms with van der Waals surface area (Å²) in [7, 11) is 0. The average Bonchev–Trinajstić information content (AvgIpc) is 2.73. The van der Waals surface area contributed by atoms with Crippen LogP contribution in [0.15, 0.2) is 46.8 Å². The lowest BCUT2D eigenvalue weighted by atomic mass is 9.91. The number of hydrogen-bond donors (Lipinski definition) is 4. The van der Waals surface area contributed by atoms with E-state index in [9.17, 15) is 19.2 Å². The molecule has 2 aliphatic rings. The molecular weight excluding hydrogens is 416 g/mol. The van der Waals surface area contributed by atoms with Gasteiger partial charge in [0.05, 0.1) is 36.4 Å². The SMILES string of the molecule is CCOC(=O)C1=C(C)NC(=O)N[C@H]1c1ccc([C@@H]2NC(=O)NC(C)=C2C(=O)OCC)cc1. The van der Waals surface area contributed by atoms with Crippen LogP contribution in [0.5, 0.6) is 0 Å². The Morgan fingerprint density at radius 3 is 1.41 bits per heavy atom. The topological polar surface area (TPSA) is 135 Å². The lowest BCUT2D eigenvalue weighted by molar-refractivity contribution is -0.140. The molecule has 0 aromatic heterocycles. The number of carbonyl (C=O) groups is 4. The molecule has 10 nitrogen and oxygen atoms in total. The first-order chi connectivity index (χ1) is 15.3. The zero-order valence-electron chi connectivity index (χ0n) is 18.3. The van der Waals surface area contributed by atoms with Gasteiger partial charge in [0, 0.05) is 11.4 Å². The van der Waals surface area contributed by atoms with Crippen LogP contribution in [0.4, 0.5) is 9.59 Å². The van der Waals surface area contributed by atoms with E-state index in [0.29, 0.717) is 33.7 Å². The lowest BCUT2D eigenvalue weighted by Gasteiger charge is -2.30. The predicted octanol–water partition coefficient (Wildman–Crippen LogP) is 2.07. The zero-order valence-corrected chi connectivity index (χ0v) is 18.3. The summed E-state index contributed by atoms with van der Waals surface area (Å²) in [5, 5.41) is 10.7. The first-order valence-corrected chi connectivity index (χ1v) is 10.3. The number of rotatable bonds is 6. The van der Waals surface area contributed by atoms with Crippen LogP contribution in [0.1, 0.15) is 50.9 Å². The molecular formula is C22H26N4O6. The van der Waals surface area contributed by atoms with Crippen LogP contribution in [0.3, 0.4) is 0 Å². The number of benzene rings is 1. The summed E-state index contributed by atoms with van der Waals surface area (Å²) in [6.07, 6.45) is 0. The first kappa shape index (κ1) is 22.9. The van der Waals surface area contributed by atoms with Crippen molar-refractivity contribution in [2.45, 2.75) is 39.8 Å². The van der Waals surface area contributed by atoms with Crippen LogP contribution >= 0.6 is 0 Å². The van der Waals surface area contributed by atoms with Gasteiger partial charge in [-0.05, 0) is 38.8 Å². The standard InChI is InChI=1S/C22H26N4O6/c1-5-31-19(27)15-11(3)23-21(29)25-17(15)13-7-9-14(10-8-13)18-16(20(28)32-6-2)12(4)24-22(30)26-18/h7-10,17-18H,5-6H2,1-4H3,(H2,23,25,29)(H2,24,26,30)/t17-,18-/m0/s1. The quantitative estimate of drug-likeness (QED) is 0.498. The highest BCUT2D eigenvalue weighted by Gasteiger charge is 2.34. The molecule has 0 fully saturated rings. The maximum Gasteiger partial charge on any atom is 0.338 e. The Hall–Kier alpha value is -3.82. The third-order valence-electron chi connectivity index (χ3n) is 5.13. The maximum absolute atomic E-state index is 12.5. The number of urea groups is 2. The van der Waals surface area contributed by atoms with Crippen molar-refractivity contribution in [3.05, 3.63) is 57.9 Å². The molecule has 170 valence electrons. The highest BCUT2D eigenvalue weighted by Crippen LogP contribution is 2.31. The number of nitrogens with one attached hydrogen (secondary N) is 4. The van der Waals surface area contributed by atoms with E-state index in [1.165, 1.54) is 0 Å². The molecule has 32 heavy (non-hydrogen) atoms. The van der Waals surface area contributed by atoms with E-state index in [4.69, 9.17) is 9.47 Å². The van der Waals surface area contributed by atoms with E-state index in [2.05, 4.69) is 21.3 Å². The van der Waals surface area contributed by atoms with Gasteiger partial charge in [-0.25, -0.2) is 19.2 Å². The van der Waals surface area contributed by atoms with Crippen molar-refractivity contribution in [2.75, 3.05) is 13.2 Å². The van der Waals surface area contributed by atoms with Crippen LogP contribution in [0, 0.1) is 0 Å². The van der Waals surface area contributed by atoms with Crippen molar-refractivity contribution in [3.8, 4) is 0 Å². The van der Waals surface area contributed by atoms with Crippen molar-refractivity contribution in [1.29, 1.82) is 0 Å². The van der Waals surface area contributed by atoms with E-state index < -0.39 is 36.1 Å². The average molecular weight is 442 g/mol. The molecule has 2 heterocycles. The third kappa shape index (κ3) is 4.58. The highest BCUT2D eigenvalue weighted by atomic mass is 16.5. The van der Waals surface area contributed by atoms with Gasteiger partial charge in [0.25, 0.3) is 0 Å². The molecule has 0 bridgehead atoms. The molecule has 0 saturated carbocycles. The minimum Gasteiger partial charge on any atom is -0.463 e. The first-order valence-electron chi connectivity index (χ1n) is 10.3. The molecule has 0 saturated heterocycles. The summed E-state index contributed by atoms with van der Waals surface area (Å²) in [5.41, 5.74) is 2.72. The van der Waals surface area contributed by atoms with Gasteiger partial charge >= 0.3 is 24.0 Å². The normalized spacial score (nSPS) is 20.6. The molecule has 2 aliphatic heterocycles. The maximum atomic E-state index is 12.5. The smallest absolute Gasteiger partial charge is 0.338 e. The van der Waals surface area contributed by atoms with E-state index in [0.717, 1.165) is 0 Å². The fourth-order valence-corrected chi connectivity index (χ4v) is 3.73. The molecule has 1 aromatic carbocycles. The van der Waals surface area contributed by atoms with Gasteiger partial charge in [0.2, 0.25) is 0 Å². The number of carbonyl (C=O) groups excluding carboxylic acids is 4. The van der Waals surface area contributed by atoms with Crippen molar-refractivity contribution in [3.63, 3.8) is 0 Å². The van der Waals surface area contributed by atoms with Crippen LogP contribution in [-0.2, 0) is 19.1 Å². The second-order valence-electron chi connectivity index (χ2n) is 7.25. The van der Waals surface area contributed by atoms with Gasteiger partial charge in [0.15, 0.2) is 0 Å². The lowest BCUT2D eigenvalue weighted by Crippen LogP contribution is -2.45. The number of esters is 2. The molecule has 4 N–H and O–H groups in total. The van der Waals surface area contributed by atoms with Gasteiger partial charge in [-0.15, -0.1) is 0 Å². The molecule has 0 radical (unpaired) electrons. The number of amides is 4. The summed E-state index contributed by atoms with van der Waals surface area (Å²) in [5.74, 6) is -1.05.